The molecule has 1 aliphatic heterocycles. The summed E-state index contributed by atoms with van der Waals surface area (Å²) in [5.74, 6) is 0.822. The van der Waals surface area contributed by atoms with Crippen LogP contribution in [0.25, 0.3) is 11.6 Å². The quantitative estimate of drug-likeness (QED) is 0.839. The van der Waals surface area contributed by atoms with Crippen LogP contribution < -0.4 is 5.73 Å². The highest BCUT2D eigenvalue weighted by Crippen LogP contribution is 2.21. The van der Waals surface area contributed by atoms with Crippen molar-refractivity contribution in [2.45, 2.75) is 6.10 Å². The second-order valence-corrected chi connectivity index (χ2v) is 3.87. The number of anilines is 1. The van der Waals surface area contributed by atoms with Crippen LogP contribution in [0.2, 0.25) is 0 Å². The first-order chi connectivity index (χ1) is 8.83. The van der Waals surface area contributed by atoms with Crippen LogP contribution in [-0.2, 0) is 9.47 Å². The number of hydrogen-bond acceptors (Lipinski definition) is 7. The van der Waals surface area contributed by atoms with Gasteiger partial charge >= 0.3 is 0 Å². The van der Waals surface area contributed by atoms with Crippen molar-refractivity contribution in [1.29, 1.82) is 0 Å². The zero-order valence-electron chi connectivity index (χ0n) is 9.57. The molecule has 7 heteroatoms. The van der Waals surface area contributed by atoms with Gasteiger partial charge in [-0.05, 0) is 12.1 Å². The van der Waals surface area contributed by atoms with Gasteiger partial charge in [0.2, 0.25) is 5.82 Å². The van der Waals surface area contributed by atoms with E-state index in [0.29, 0.717) is 42.9 Å². The number of nitrogens with two attached hydrogens (primary N) is 1. The highest BCUT2D eigenvalue weighted by atomic mass is 16.6. The van der Waals surface area contributed by atoms with Gasteiger partial charge in [-0.1, -0.05) is 5.16 Å². The summed E-state index contributed by atoms with van der Waals surface area (Å²) in [5.41, 5.74) is 6.73. The smallest absolute Gasteiger partial charge is 0.276 e. The zero-order chi connectivity index (χ0) is 12.4. The third kappa shape index (κ3) is 2.18. The van der Waals surface area contributed by atoms with Crippen molar-refractivity contribution < 1.29 is 14.0 Å². The molecule has 7 nitrogen and oxygen atoms in total. The van der Waals surface area contributed by atoms with Crippen LogP contribution in [0.5, 0.6) is 0 Å². The standard InChI is InChI=1S/C11H12N4O3/c12-7-1-2-8(13-5-7)11-14-10(15-18-11)9-6-16-3-4-17-9/h1-2,5,9H,3-4,6,12H2. The van der Waals surface area contributed by atoms with E-state index in [2.05, 4.69) is 15.1 Å². The average molecular weight is 248 g/mol. The second kappa shape index (κ2) is 4.71. The van der Waals surface area contributed by atoms with Gasteiger partial charge in [0.05, 0.1) is 31.7 Å². The van der Waals surface area contributed by atoms with Crippen LogP contribution in [0.15, 0.2) is 22.9 Å². The molecule has 1 unspecified atom stereocenters. The van der Waals surface area contributed by atoms with Gasteiger partial charge in [0.25, 0.3) is 5.89 Å². The molecular formula is C11H12N4O3. The average Bonchev–Trinajstić information content (AvgIpc) is 2.90. The maximum absolute atomic E-state index is 5.56. The Kier molecular flexibility index (Phi) is 2.91. The molecule has 1 saturated heterocycles. The summed E-state index contributed by atoms with van der Waals surface area (Å²) in [6.45, 7) is 1.57. The summed E-state index contributed by atoms with van der Waals surface area (Å²) < 4.78 is 15.9. The minimum absolute atomic E-state index is 0.273. The van der Waals surface area contributed by atoms with E-state index in [1.807, 2.05) is 0 Å². The van der Waals surface area contributed by atoms with E-state index in [0.717, 1.165) is 0 Å². The van der Waals surface area contributed by atoms with Gasteiger partial charge in [-0.25, -0.2) is 4.98 Å². The van der Waals surface area contributed by atoms with Crippen molar-refractivity contribution in [3.63, 3.8) is 0 Å². The molecule has 0 saturated carbocycles. The van der Waals surface area contributed by atoms with Gasteiger partial charge in [0.1, 0.15) is 11.8 Å². The third-order valence-electron chi connectivity index (χ3n) is 2.55. The molecule has 0 aromatic carbocycles. The van der Waals surface area contributed by atoms with Gasteiger partial charge in [0, 0.05) is 0 Å². The first-order valence-corrected chi connectivity index (χ1v) is 5.58. The van der Waals surface area contributed by atoms with Gasteiger partial charge < -0.3 is 19.7 Å². The van der Waals surface area contributed by atoms with Crippen molar-refractivity contribution in [1.82, 2.24) is 15.1 Å². The van der Waals surface area contributed by atoms with E-state index in [9.17, 15) is 0 Å². The van der Waals surface area contributed by atoms with Gasteiger partial charge in [-0.15, -0.1) is 0 Å². The van der Waals surface area contributed by atoms with E-state index in [1.54, 1.807) is 18.3 Å². The van der Waals surface area contributed by atoms with Crippen LogP contribution in [0.4, 0.5) is 5.69 Å². The molecule has 1 aliphatic rings. The molecule has 0 radical (unpaired) electrons. The van der Waals surface area contributed by atoms with Crippen molar-refractivity contribution in [3.8, 4) is 11.6 Å². The molecule has 0 aliphatic carbocycles. The van der Waals surface area contributed by atoms with Crippen LogP contribution >= 0.6 is 0 Å². The predicted octanol–water partition coefficient (Wildman–Crippen LogP) is 0.802. The molecule has 0 amide bonds. The Morgan fingerprint density at radius 1 is 1.28 bits per heavy atom. The number of nitrogens with zero attached hydrogens (tertiary/aromatic N) is 3. The molecular weight excluding hydrogens is 236 g/mol. The molecule has 18 heavy (non-hydrogen) atoms. The van der Waals surface area contributed by atoms with Crippen LogP contribution in [0.3, 0.4) is 0 Å². The number of nitrogen functional groups attached to an aromatic ring is 1. The fraction of sp³-hybridized carbons (Fsp3) is 0.364. The number of ether oxygens (including phenoxy) is 2. The molecule has 3 heterocycles. The first kappa shape index (κ1) is 11.1. The molecule has 2 N–H and O–H groups in total. The van der Waals surface area contributed by atoms with E-state index in [4.69, 9.17) is 19.7 Å². The molecule has 2 aromatic rings. The summed E-state index contributed by atoms with van der Waals surface area (Å²) >= 11 is 0. The minimum Gasteiger partial charge on any atom is -0.397 e. The summed E-state index contributed by atoms with van der Waals surface area (Å²) in [4.78, 5) is 8.36. The van der Waals surface area contributed by atoms with Crippen molar-refractivity contribution in [2.75, 3.05) is 25.6 Å². The Labute approximate surface area is 103 Å². The molecule has 2 aromatic heterocycles. The summed E-state index contributed by atoms with van der Waals surface area (Å²) in [6.07, 6.45) is 1.27. The first-order valence-electron chi connectivity index (χ1n) is 5.58. The molecule has 1 atom stereocenters. The van der Waals surface area contributed by atoms with Crippen molar-refractivity contribution in [2.24, 2.45) is 0 Å². The Morgan fingerprint density at radius 2 is 2.22 bits per heavy atom. The fourth-order valence-corrected chi connectivity index (χ4v) is 1.64. The monoisotopic (exact) mass is 248 g/mol. The number of hydrogen-bond donors (Lipinski definition) is 1. The number of rotatable bonds is 2. The van der Waals surface area contributed by atoms with Gasteiger partial charge in [-0.3, -0.25) is 0 Å². The largest absolute Gasteiger partial charge is 0.397 e. The Morgan fingerprint density at radius 3 is 2.94 bits per heavy atom. The SMILES string of the molecule is Nc1ccc(-c2nc(C3COCCO3)no2)nc1. The van der Waals surface area contributed by atoms with Crippen LogP contribution in [-0.4, -0.2) is 34.9 Å². The minimum atomic E-state index is -0.273. The lowest BCUT2D eigenvalue weighted by Gasteiger charge is -2.19. The molecule has 0 spiro atoms. The van der Waals surface area contributed by atoms with E-state index >= 15 is 0 Å². The molecule has 94 valence electrons. The van der Waals surface area contributed by atoms with Crippen LogP contribution in [0, 0.1) is 0 Å². The van der Waals surface area contributed by atoms with Crippen LogP contribution in [0.1, 0.15) is 11.9 Å². The Bertz CT molecular complexity index is 519. The lowest BCUT2D eigenvalue weighted by atomic mass is 10.3. The predicted molar refractivity (Wildman–Crippen MR) is 61.5 cm³/mol. The van der Waals surface area contributed by atoms with E-state index < -0.39 is 0 Å². The number of pyridine rings is 1. The maximum atomic E-state index is 5.56. The summed E-state index contributed by atoms with van der Waals surface area (Å²) in [6, 6.07) is 3.46. The zero-order valence-corrected chi connectivity index (χ0v) is 9.57. The summed E-state index contributed by atoms with van der Waals surface area (Å²) in [7, 11) is 0. The fourth-order valence-electron chi connectivity index (χ4n) is 1.64. The Balaban J connectivity index is 1.82. The van der Waals surface area contributed by atoms with Crippen molar-refractivity contribution >= 4 is 5.69 Å². The molecule has 0 bridgehead atoms. The second-order valence-electron chi connectivity index (χ2n) is 3.87. The van der Waals surface area contributed by atoms with Gasteiger partial charge in [-0.2, -0.15) is 4.98 Å². The lowest BCUT2D eigenvalue weighted by Crippen LogP contribution is -2.22. The van der Waals surface area contributed by atoms with Crippen molar-refractivity contribution in [3.05, 3.63) is 24.2 Å². The highest BCUT2D eigenvalue weighted by Gasteiger charge is 2.22. The molecule has 3 rings (SSSR count). The normalized spacial score (nSPS) is 19.9. The van der Waals surface area contributed by atoms with Gasteiger partial charge in [0.15, 0.2) is 0 Å². The Hall–Kier alpha value is -1.99. The summed E-state index contributed by atoms with van der Waals surface area (Å²) in [5, 5.41) is 3.88. The number of aromatic nitrogens is 3. The lowest BCUT2D eigenvalue weighted by molar-refractivity contribution is -0.0941. The third-order valence-corrected chi connectivity index (χ3v) is 2.55. The van der Waals surface area contributed by atoms with E-state index in [1.165, 1.54) is 0 Å². The maximum Gasteiger partial charge on any atom is 0.276 e. The topological polar surface area (TPSA) is 96.3 Å². The highest BCUT2D eigenvalue weighted by molar-refractivity contribution is 5.50. The molecule has 1 fully saturated rings. The van der Waals surface area contributed by atoms with E-state index in [-0.39, 0.29) is 6.10 Å².